The molecule has 1 aliphatic heterocycles. The molecule has 4 rings (SSSR count). The molecule has 0 saturated carbocycles. The zero-order chi connectivity index (χ0) is 19.5. The first-order chi connectivity index (χ1) is 13.6. The van der Waals surface area contributed by atoms with Crippen molar-refractivity contribution in [2.75, 3.05) is 11.9 Å². The summed E-state index contributed by atoms with van der Waals surface area (Å²) >= 11 is 0. The first-order valence-electron chi connectivity index (χ1n) is 9.85. The SMILES string of the molecule is CC(=O)Nc1ccc(CNCCc2c3n(c4ccccc24)C(=O)CCC3)cc1. The molecule has 2 N–H and O–H groups in total. The van der Waals surface area contributed by atoms with Crippen molar-refractivity contribution in [3.05, 3.63) is 65.4 Å². The maximum atomic E-state index is 12.4. The molecule has 0 saturated heterocycles. The Morgan fingerprint density at radius 2 is 1.86 bits per heavy atom. The van der Waals surface area contributed by atoms with E-state index in [1.54, 1.807) is 0 Å². The molecule has 0 fully saturated rings. The summed E-state index contributed by atoms with van der Waals surface area (Å²) in [7, 11) is 0. The summed E-state index contributed by atoms with van der Waals surface area (Å²) < 4.78 is 1.94. The van der Waals surface area contributed by atoms with E-state index in [-0.39, 0.29) is 11.8 Å². The Balaban J connectivity index is 1.42. The Hall–Kier alpha value is -2.92. The maximum Gasteiger partial charge on any atom is 0.231 e. The highest BCUT2D eigenvalue weighted by Crippen LogP contribution is 2.30. The summed E-state index contributed by atoms with van der Waals surface area (Å²) in [5, 5.41) is 7.48. The van der Waals surface area contributed by atoms with E-state index < -0.39 is 0 Å². The lowest BCUT2D eigenvalue weighted by molar-refractivity contribution is -0.114. The van der Waals surface area contributed by atoms with Gasteiger partial charge in [0.25, 0.3) is 0 Å². The van der Waals surface area contributed by atoms with E-state index >= 15 is 0 Å². The fraction of sp³-hybridized carbons (Fsp3) is 0.304. The Morgan fingerprint density at radius 1 is 1.07 bits per heavy atom. The van der Waals surface area contributed by atoms with E-state index in [0.29, 0.717) is 6.42 Å². The second-order valence-electron chi connectivity index (χ2n) is 7.33. The standard InChI is InChI=1S/C23H25N3O2/c1-16(27)25-18-11-9-17(10-12-18)15-24-14-13-20-19-5-2-3-6-21(19)26-22(20)7-4-8-23(26)28/h2-3,5-6,9-12,24H,4,7-8,13-15H2,1H3,(H,25,27). The number of hydrogen-bond donors (Lipinski definition) is 2. The van der Waals surface area contributed by atoms with Crippen LogP contribution >= 0.6 is 0 Å². The minimum Gasteiger partial charge on any atom is -0.326 e. The average molecular weight is 375 g/mol. The zero-order valence-corrected chi connectivity index (χ0v) is 16.1. The van der Waals surface area contributed by atoms with Gasteiger partial charge in [-0.3, -0.25) is 14.2 Å². The molecule has 5 heteroatoms. The molecule has 0 aliphatic carbocycles. The highest BCUT2D eigenvalue weighted by atomic mass is 16.2. The number of nitrogens with one attached hydrogen (secondary N) is 2. The van der Waals surface area contributed by atoms with E-state index in [4.69, 9.17) is 0 Å². The first kappa shape index (κ1) is 18.4. The monoisotopic (exact) mass is 375 g/mol. The van der Waals surface area contributed by atoms with Crippen LogP contribution in [0.3, 0.4) is 0 Å². The van der Waals surface area contributed by atoms with Gasteiger partial charge in [-0.05, 0) is 55.1 Å². The van der Waals surface area contributed by atoms with Gasteiger partial charge in [-0.15, -0.1) is 0 Å². The van der Waals surface area contributed by atoms with Crippen molar-refractivity contribution in [2.45, 2.75) is 39.2 Å². The third-order valence-corrected chi connectivity index (χ3v) is 5.30. The molecular weight excluding hydrogens is 350 g/mol. The third-order valence-electron chi connectivity index (χ3n) is 5.30. The third kappa shape index (κ3) is 3.71. The summed E-state index contributed by atoms with van der Waals surface area (Å²) in [6.07, 6.45) is 3.45. The minimum atomic E-state index is -0.0625. The second kappa shape index (κ2) is 7.98. The molecule has 0 spiro atoms. The molecule has 0 atom stereocenters. The van der Waals surface area contributed by atoms with Crippen molar-refractivity contribution in [1.82, 2.24) is 9.88 Å². The lowest BCUT2D eigenvalue weighted by Crippen LogP contribution is -2.21. The predicted octanol–water partition coefficient (Wildman–Crippen LogP) is 3.91. The van der Waals surface area contributed by atoms with Gasteiger partial charge in [0, 0.05) is 36.7 Å². The highest BCUT2D eigenvalue weighted by molar-refractivity contribution is 5.96. The molecule has 0 unspecified atom stereocenters. The average Bonchev–Trinajstić information content (AvgIpc) is 3.01. The van der Waals surface area contributed by atoms with Gasteiger partial charge in [0.15, 0.2) is 0 Å². The summed E-state index contributed by atoms with van der Waals surface area (Å²) in [4.78, 5) is 23.5. The normalized spacial score (nSPS) is 13.5. The number of benzene rings is 2. The summed E-state index contributed by atoms with van der Waals surface area (Å²) in [6, 6.07) is 16.1. The van der Waals surface area contributed by atoms with Gasteiger partial charge in [0.05, 0.1) is 5.52 Å². The van der Waals surface area contributed by atoms with E-state index in [9.17, 15) is 9.59 Å². The molecule has 2 heterocycles. The van der Waals surface area contributed by atoms with Crippen molar-refractivity contribution in [2.24, 2.45) is 0 Å². The van der Waals surface area contributed by atoms with Crippen LogP contribution in [-0.2, 0) is 24.2 Å². The van der Waals surface area contributed by atoms with Gasteiger partial charge in [0.1, 0.15) is 0 Å². The van der Waals surface area contributed by atoms with E-state index in [0.717, 1.165) is 43.6 Å². The van der Waals surface area contributed by atoms with E-state index in [1.165, 1.54) is 29.1 Å². The largest absolute Gasteiger partial charge is 0.326 e. The fourth-order valence-corrected chi connectivity index (χ4v) is 4.06. The van der Waals surface area contributed by atoms with Crippen molar-refractivity contribution in [1.29, 1.82) is 0 Å². The number of amides is 1. The van der Waals surface area contributed by atoms with Gasteiger partial charge >= 0.3 is 0 Å². The molecule has 0 bridgehead atoms. The molecule has 0 radical (unpaired) electrons. The molecular formula is C23H25N3O2. The number of carbonyl (C=O) groups excluding carboxylic acids is 2. The number of hydrogen-bond acceptors (Lipinski definition) is 3. The van der Waals surface area contributed by atoms with Crippen LogP contribution in [0.2, 0.25) is 0 Å². The summed E-state index contributed by atoms with van der Waals surface area (Å²) in [5.74, 6) is 0.156. The van der Waals surface area contributed by atoms with Crippen molar-refractivity contribution < 1.29 is 9.59 Å². The Morgan fingerprint density at radius 3 is 2.64 bits per heavy atom. The topological polar surface area (TPSA) is 63.1 Å². The molecule has 28 heavy (non-hydrogen) atoms. The highest BCUT2D eigenvalue weighted by Gasteiger charge is 2.23. The molecule has 1 aliphatic rings. The number of rotatable bonds is 6. The lowest BCUT2D eigenvalue weighted by atomic mass is 10.0. The number of para-hydroxylation sites is 1. The van der Waals surface area contributed by atoms with Crippen LogP contribution in [0.25, 0.3) is 10.9 Å². The van der Waals surface area contributed by atoms with Crippen molar-refractivity contribution in [3.8, 4) is 0 Å². The minimum absolute atomic E-state index is 0.0625. The van der Waals surface area contributed by atoms with Crippen LogP contribution < -0.4 is 10.6 Å². The van der Waals surface area contributed by atoms with E-state index in [1.807, 2.05) is 41.0 Å². The predicted molar refractivity (Wildman–Crippen MR) is 112 cm³/mol. The number of fused-ring (bicyclic) bond motifs is 3. The smallest absolute Gasteiger partial charge is 0.231 e. The zero-order valence-electron chi connectivity index (χ0n) is 16.1. The van der Waals surface area contributed by atoms with Gasteiger partial charge in [0.2, 0.25) is 11.8 Å². The van der Waals surface area contributed by atoms with E-state index in [2.05, 4.69) is 22.8 Å². The van der Waals surface area contributed by atoms with Crippen LogP contribution in [0.15, 0.2) is 48.5 Å². The lowest BCUT2D eigenvalue weighted by Gasteiger charge is -2.16. The van der Waals surface area contributed by atoms with Crippen LogP contribution in [0, 0.1) is 0 Å². The van der Waals surface area contributed by atoms with Crippen LogP contribution in [0.4, 0.5) is 5.69 Å². The van der Waals surface area contributed by atoms with Crippen LogP contribution in [-0.4, -0.2) is 22.9 Å². The Bertz CT molecular complexity index is 1020. The van der Waals surface area contributed by atoms with Crippen molar-refractivity contribution >= 4 is 28.4 Å². The van der Waals surface area contributed by atoms with Crippen LogP contribution in [0.1, 0.15) is 41.4 Å². The molecule has 5 nitrogen and oxygen atoms in total. The maximum absolute atomic E-state index is 12.4. The fourth-order valence-electron chi connectivity index (χ4n) is 4.06. The van der Waals surface area contributed by atoms with Crippen molar-refractivity contribution in [3.63, 3.8) is 0 Å². The molecule has 144 valence electrons. The van der Waals surface area contributed by atoms with Crippen LogP contribution in [0.5, 0.6) is 0 Å². The number of aromatic nitrogens is 1. The number of nitrogens with zero attached hydrogens (tertiary/aromatic N) is 1. The molecule has 1 aromatic heterocycles. The summed E-state index contributed by atoms with van der Waals surface area (Å²) in [6.45, 7) is 3.13. The number of anilines is 1. The quantitative estimate of drug-likeness (QED) is 0.642. The Kier molecular flexibility index (Phi) is 5.26. The Labute approximate surface area is 164 Å². The number of carbonyl (C=O) groups is 2. The molecule has 2 aromatic carbocycles. The molecule has 3 aromatic rings. The van der Waals surface area contributed by atoms with Gasteiger partial charge in [-0.1, -0.05) is 30.3 Å². The van der Waals surface area contributed by atoms with Gasteiger partial charge in [-0.2, -0.15) is 0 Å². The summed E-state index contributed by atoms with van der Waals surface area (Å²) in [5.41, 5.74) is 5.53. The first-order valence-corrected chi connectivity index (χ1v) is 9.85. The van der Waals surface area contributed by atoms with Gasteiger partial charge in [-0.25, -0.2) is 0 Å². The molecule has 1 amide bonds. The van der Waals surface area contributed by atoms with Gasteiger partial charge < -0.3 is 10.6 Å². The second-order valence-corrected chi connectivity index (χ2v) is 7.33.